The maximum atomic E-state index is 13.7. The molecule has 0 saturated heterocycles. The molecule has 0 aliphatic rings. The molecule has 1 atom stereocenters. The zero-order valence-electron chi connectivity index (χ0n) is 9.82. The Balaban J connectivity index is 2.26. The second kappa shape index (κ2) is 5.52. The molecule has 1 aromatic heterocycles. The second-order valence-electron chi connectivity index (χ2n) is 3.88. The quantitative estimate of drug-likeness (QED) is 0.927. The number of nitrogens with two attached hydrogens (primary N) is 1. The molecule has 1 unspecified atom stereocenters. The lowest BCUT2D eigenvalue weighted by Gasteiger charge is -2.10. The van der Waals surface area contributed by atoms with Gasteiger partial charge in [-0.15, -0.1) is 0 Å². The van der Waals surface area contributed by atoms with Gasteiger partial charge >= 0.3 is 0 Å². The number of rotatable bonds is 4. The number of methoxy groups -OCH3 is 1. The highest BCUT2D eigenvalue weighted by molar-refractivity contribution is 6.30. The van der Waals surface area contributed by atoms with Gasteiger partial charge in [-0.1, -0.05) is 17.7 Å². The summed E-state index contributed by atoms with van der Waals surface area (Å²) in [6.07, 6.45) is 0. The monoisotopic (exact) mass is 269 g/mol. The van der Waals surface area contributed by atoms with Gasteiger partial charge in [0.2, 0.25) is 0 Å². The van der Waals surface area contributed by atoms with Gasteiger partial charge in [0.15, 0.2) is 0 Å². The molecule has 0 bridgehead atoms. The topological polar surface area (TPSA) is 48.4 Å². The predicted octanol–water partition coefficient (Wildman–Crippen LogP) is 3.27. The van der Waals surface area contributed by atoms with Crippen molar-refractivity contribution in [2.45, 2.75) is 12.6 Å². The third kappa shape index (κ3) is 2.72. The van der Waals surface area contributed by atoms with E-state index in [0.717, 1.165) is 0 Å². The third-order valence-electron chi connectivity index (χ3n) is 2.57. The highest BCUT2D eigenvalue weighted by atomic mass is 35.5. The van der Waals surface area contributed by atoms with E-state index < -0.39 is 11.9 Å². The van der Waals surface area contributed by atoms with Crippen LogP contribution in [0.5, 0.6) is 0 Å². The van der Waals surface area contributed by atoms with Crippen molar-refractivity contribution in [3.8, 4) is 0 Å². The first kappa shape index (κ1) is 13.1. The molecule has 96 valence electrons. The van der Waals surface area contributed by atoms with Crippen molar-refractivity contribution in [2.75, 3.05) is 7.11 Å². The van der Waals surface area contributed by atoms with Gasteiger partial charge in [0, 0.05) is 17.7 Å². The zero-order chi connectivity index (χ0) is 13.1. The summed E-state index contributed by atoms with van der Waals surface area (Å²) in [6.45, 7) is 0.357. The first-order valence-electron chi connectivity index (χ1n) is 5.40. The number of furan rings is 1. The lowest BCUT2D eigenvalue weighted by molar-refractivity contribution is 0.162. The molecule has 5 heteroatoms. The van der Waals surface area contributed by atoms with Crippen LogP contribution in [0.4, 0.5) is 4.39 Å². The maximum Gasteiger partial charge on any atom is 0.129 e. The largest absolute Gasteiger partial charge is 0.462 e. The maximum absolute atomic E-state index is 13.7. The summed E-state index contributed by atoms with van der Waals surface area (Å²) in [7, 11) is 1.57. The van der Waals surface area contributed by atoms with Crippen LogP contribution >= 0.6 is 11.6 Å². The molecule has 0 aliphatic heterocycles. The minimum atomic E-state index is -0.659. The molecule has 3 nitrogen and oxygen atoms in total. The van der Waals surface area contributed by atoms with Gasteiger partial charge in [-0.2, -0.15) is 0 Å². The van der Waals surface area contributed by atoms with E-state index in [0.29, 0.717) is 28.7 Å². The SMILES string of the molecule is COCc1ccc(C(N)c2ccc(Cl)cc2F)o1. The van der Waals surface area contributed by atoms with Crippen LogP contribution in [0, 0.1) is 5.82 Å². The van der Waals surface area contributed by atoms with Crippen molar-refractivity contribution in [1.82, 2.24) is 0 Å². The first-order valence-corrected chi connectivity index (χ1v) is 5.77. The fraction of sp³-hybridized carbons (Fsp3) is 0.231. The number of halogens is 2. The third-order valence-corrected chi connectivity index (χ3v) is 2.81. The Morgan fingerprint density at radius 1 is 1.39 bits per heavy atom. The average Bonchev–Trinajstić information content (AvgIpc) is 2.77. The van der Waals surface area contributed by atoms with E-state index in [1.165, 1.54) is 6.07 Å². The van der Waals surface area contributed by atoms with E-state index in [9.17, 15) is 4.39 Å². The van der Waals surface area contributed by atoms with Crippen LogP contribution < -0.4 is 5.73 Å². The van der Waals surface area contributed by atoms with Crippen LogP contribution in [0.15, 0.2) is 34.7 Å². The van der Waals surface area contributed by atoms with Crippen molar-refractivity contribution < 1.29 is 13.5 Å². The molecule has 0 saturated carbocycles. The van der Waals surface area contributed by atoms with Crippen molar-refractivity contribution in [1.29, 1.82) is 0 Å². The standard InChI is InChI=1S/C13H13ClFNO2/c1-17-7-9-3-5-12(18-9)13(16)10-4-2-8(14)6-11(10)15/h2-6,13H,7,16H2,1H3. The molecule has 1 heterocycles. The van der Waals surface area contributed by atoms with Gasteiger partial charge in [-0.05, 0) is 24.3 Å². The van der Waals surface area contributed by atoms with E-state index in [2.05, 4.69) is 0 Å². The number of hydrogen-bond donors (Lipinski definition) is 1. The molecule has 2 rings (SSSR count). The molecule has 0 aliphatic carbocycles. The lowest BCUT2D eigenvalue weighted by atomic mass is 10.1. The van der Waals surface area contributed by atoms with Crippen molar-refractivity contribution in [2.24, 2.45) is 5.73 Å². The molecule has 0 spiro atoms. The highest BCUT2D eigenvalue weighted by Crippen LogP contribution is 2.26. The van der Waals surface area contributed by atoms with Crippen LogP contribution in [0.1, 0.15) is 23.1 Å². The summed E-state index contributed by atoms with van der Waals surface area (Å²) in [5, 5.41) is 0.336. The van der Waals surface area contributed by atoms with E-state index in [1.54, 1.807) is 31.4 Å². The Morgan fingerprint density at radius 2 is 2.17 bits per heavy atom. The second-order valence-corrected chi connectivity index (χ2v) is 4.32. The molecule has 18 heavy (non-hydrogen) atoms. The summed E-state index contributed by atoms with van der Waals surface area (Å²) >= 11 is 5.69. The average molecular weight is 270 g/mol. The Hall–Kier alpha value is -1.36. The fourth-order valence-corrected chi connectivity index (χ4v) is 1.85. The molecule has 0 fully saturated rings. The van der Waals surface area contributed by atoms with Gasteiger partial charge in [0.05, 0.1) is 6.04 Å². The Morgan fingerprint density at radius 3 is 2.83 bits per heavy atom. The van der Waals surface area contributed by atoms with Crippen LogP contribution in [0.3, 0.4) is 0 Å². The first-order chi connectivity index (χ1) is 8.61. The number of benzene rings is 1. The lowest BCUT2D eigenvalue weighted by Crippen LogP contribution is -2.12. The minimum absolute atomic E-state index is 0.336. The Labute approximate surface area is 109 Å². The van der Waals surface area contributed by atoms with Gasteiger partial charge in [-0.25, -0.2) is 4.39 Å². The summed E-state index contributed by atoms with van der Waals surface area (Å²) in [5.41, 5.74) is 6.30. The molecule has 0 amide bonds. The van der Waals surface area contributed by atoms with Gasteiger partial charge in [0.1, 0.15) is 23.9 Å². The smallest absolute Gasteiger partial charge is 0.129 e. The summed E-state index contributed by atoms with van der Waals surface area (Å²) in [5.74, 6) is 0.695. The van der Waals surface area contributed by atoms with Crippen molar-refractivity contribution in [3.05, 3.63) is 58.3 Å². The Kier molecular flexibility index (Phi) is 4.01. The Bertz CT molecular complexity index is 542. The highest BCUT2D eigenvalue weighted by Gasteiger charge is 2.17. The van der Waals surface area contributed by atoms with Gasteiger partial charge in [-0.3, -0.25) is 0 Å². The molecular formula is C13H13ClFNO2. The van der Waals surface area contributed by atoms with Crippen LogP contribution in [-0.4, -0.2) is 7.11 Å². The fourth-order valence-electron chi connectivity index (χ4n) is 1.69. The molecular weight excluding hydrogens is 257 g/mol. The van der Waals surface area contributed by atoms with Crippen molar-refractivity contribution in [3.63, 3.8) is 0 Å². The number of ether oxygens (including phenoxy) is 1. The summed E-state index contributed by atoms with van der Waals surface area (Å²) in [6, 6.07) is 7.20. The molecule has 2 aromatic rings. The molecule has 2 N–H and O–H groups in total. The van der Waals surface area contributed by atoms with E-state index in [-0.39, 0.29) is 0 Å². The van der Waals surface area contributed by atoms with Crippen LogP contribution in [0.2, 0.25) is 5.02 Å². The van der Waals surface area contributed by atoms with Gasteiger partial charge < -0.3 is 14.9 Å². The van der Waals surface area contributed by atoms with Crippen LogP contribution in [0.25, 0.3) is 0 Å². The van der Waals surface area contributed by atoms with Crippen LogP contribution in [-0.2, 0) is 11.3 Å². The normalized spacial score (nSPS) is 12.7. The number of hydrogen-bond acceptors (Lipinski definition) is 3. The summed E-state index contributed by atoms with van der Waals surface area (Å²) in [4.78, 5) is 0. The summed E-state index contributed by atoms with van der Waals surface area (Å²) < 4.78 is 24.1. The van der Waals surface area contributed by atoms with E-state index in [1.807, 2.05) is 0 Å². The van der Waals surface area contributed by atoms with Crippen molar-refractivity contribution >= 4 is 11.6 Å². The minimum Gasteiger partial charge on any atom is -0.462 e. The van der Waals surface area contributed by atoms with E-state index >= 15 is 0 Å². The van der Waals surface area contributed by atoms with E-state index in [4.69, 9.17) is 26.5 Å². The van der Waals surface area contributed by atoms with Gasteiger partial charge in [0.25, 0.3) is 0 Å². The molecule has 0 radical (unpaired) electrons. The zero-order valence-corrected chi connectivity index (χ0v) is 10.6. The predicted molar refractivity (Wildman–Crippen MR) is 66.9 cm³/mol. The molecule has 1 aromatic carbocycles.